The van der Waals surface area contributed by atoms with Crippen LogP contribution in [0.25, 0.3) is 0 Å². The summed E-state index contributed by atoms with van der Waals surface area (Å²) in [5.41, 5.74) is 3.72. The van der Waals surface area contributed by atoms with Gasteiger partial charge in [-0.05, 0) is 38.0 Å². The predicted molar refractivity (Wildman–Crippen MR) is 100 cm³/mol. The van der Waals surface area contributed by atoms with Gasteiger partial charge in [0, 0.05) is 17.3 Å². The number of amides is 1. The van der Waals surface area contributed by atoms with E-state index in [0.717, 1.165) is 11.1 Å². The van der Waals surface area contributed by atoms with Gasteiger partial charge in [0.1, 0.15) is 0 Å². The van der Waals surface area contributed by atoms with Gasteiger partial charge in [-0.15, -0.1) is 0 Å². The van der Waals surface area contributed by atoms with E-state index in [1.54, 1.807) is 31.2 Å². The standard InChI is InChI=1S/C21H20N2O4/c1-13-9-10-14(2)17(11-13)22-20(24)19(16-7-5-4-6-8-16)26-21(25)18-12-15(3)23-27-18/h4-12,19H,1-3H3,(H,22,24). The Bertz CT molecular complexity index is 963. The molecule has 138 valence electrons. The Labute approximate surface area is 157 Å². The lowest BCUT2D eigenvalue weighted by molar-refractivity contribution is -0.125. The minimum Gasteiger partial charge on any atom is -0.441 e. The Morgan fingerprint density at radius 1 is 1.04 bits per heavy atom. The number of rotatable bonds is 5. The monoisotopic (exact) mass is 364 g/mol. The molecule has 0 saturated carbocycles. The van der Waals surface area contributed by atoms with Gasteiger partial charge in [0.05, 0.1) is 5.69 Å². The van der Waals surface area contributed by atoms with Crippen LogP contribution < -0.4 is 5.32 Å². The average Bonchev–Trinajstić information content (AvgIpc) is 3.09. The third-order valence-electron chi connectivity index (χ3n) is 4.05. The molecule has 2 aromatic carbocycles. The van der Waals surface area contributed by atoms with Crippen LogP contribution in [0.4, 0.5) is 5.69 Å². The second kappa shape index (κ2) is 7.86. The largest absolute Gasteiger partial charge is 0.441 e. The van der Waals surface area contributed by atoms with Crippen LogP contribution in [0.5, 0.6) is 0 Å². The molecule has 0 saturated heterocycles. The summed E-state index contributed by atoms with van der Waals surface area (Å²) in [4.78, 5) is 25.3. The van der Waals surface area contributed by atoms with Crippen LogP contribution in [0.3, 0.4) is 0 Å². The van der Waals surface area contributed by atoms with Crippen molar-refractivity contribution in [3.8, 4) is 0 Å². The van der Waals surface area contributed by atoms with E-state index in [0.29, 0.717) is 16.9 Å². The van der Waals surface area contributed by atoms with Gasteiger partial charge in [0.25, 0.3) is 5.91 Å². The fraction of sp³-hybridized carbons (Fsp3) is 0.190. The summed E-state index contributed by atoms with van der Waals surface area (Å²) in [5.74, 6) is -1.24. The van der Waals surface area contributed by atoms with Gasteiger partial charge in [-0.3, -0.25) is 4.79 Å². The van der Waals surface area contributed by atoms with E-state index in [-0.39, 0.29) is 5.76 Å². The van der Waals surface area contributed by atoms with Crippen LogP contribution in [-0.4, -0.2) is 17.0 Å². The quantitative estimate of drug-likeness (QED) is 0.688. The summed E-state index contributed by atoms with van der Waals surface area (Å²) in [7, 11) is 0. The number of benzene rings is 2. The summed E-state index contributed by atoms with van der Waals surface area (Å²) in [6, 6.07) is 16.1. The number of ether oxygens (including phenoxy) is 1. The van der Waals surface area contributed by atoms with Crippen molar-refractivity contribution in [1.29, 1.82) is 0 Å². The Hall–Kier alpha value is -3.41. The van der Waals surface area contributed by atoms with Crippen molar-refractivity contribution >= 4 is 17.6 Å². The van der Waals surface area contributed by atoms with E-state index in [1.807, 2.05) is 38.1 Å². The molecule has 3 rings (SSSR count). The molecular weight excluding hydrogens is 344 g/mol. The van der Waals surface area contributed by atoms with Crippen molar-refractivity contribution in [2.75, 3.05) is 5.32 Å². The fourth-order valence-corrected chi connectivity index (χ4v) is 2.59. The maximum atomic E-state index is 12.9. The highest BCUT2D eigenvalue weighted by Gasteiger charge is 2.27. The number of carbonyl (C=O) groups is 2. The number of hydrogen-bond acceptors (Lipinski definition) is 5. The molecule has 3 aromatic rings. The number of anilines is 1. The first-order valence-corrected chi connectivity index (χ1v) is 8.51. The normalized spacial score (nSPS) is 11.7. The Morgan fingerprint density at radius 2 is 1.78 bits per heavy atom. The molecule has 0 aliphatic heterocycles. The van der Waals surface area contributed by atoms with E-state index in [1.165, 1.54) is 6.07 Å². The first-order valence-electron chi connectivity index (χ1n) is 8.51. The molecule has 1 aromatic heterocycles. The lowest BCUT2D eigenvalue weighted by Crippen LogP contribution is -2.26. The predicted octanol–water partition coefficient (Wildman–Crippen LogP) is 4.14. The lowest BCUT2D eigenvalue weighted by Gasteiger charge is -2.18. The highest BCUT2D eigenvalue weighted by atomic mass is 16.6. The second-order valence-corrected chi connectivity index (χ2v) is 6.34. The number of aryl methyl sites for hydroxylation is 3. The molecule has 1 atom stereocenters. The molecule has 1 N–H and O–H groups in total. The summed E-state index contributed by atoms with van der Waals surface area (Å²) >= 11 is 0. The Morgan fingerprint density at radius 3 is 2.44 bits per heavy atom. The molecule has 1 heterocycles. The Balaban J connectivity index is 1.86. The lowest BCUT2D eigenvalue weighted by atomic mass is 10.1. The van der Waals surface area contributed by atoms with Crippen LogP contribution in [-0.2, 0) is 9.53 Å². The topological polar surface area (TPSA) is 81.4 Å². The number of hydrogen-bond donors (Lipinski definition) is 1. The first kappa shape index (κ1) is 18.4. The van der Waals surface area contributed by atoms with Gasteiger partial charge in [-0.1, -0.05) is 47.6 Å². The highest BCUT2D eigenvalue weighted by Crippen LogP contribution is 2.24. The molecule has 6 heteroatoms. The smallest absolute Gasteiger partial charge is 0.378 e. The van der Waals surface area contributed by atoms with Gasteiger partial charge in [-0.25, -0.2) is 4.79 Å². The van der Waals surface area contributed by atoms with E-state index in [9.17, 15) is 9.59 Å². The molecule has 0 aliphatic rings. The molecule has 27 heavy (non-hydrogen) atoms. The SMILES string of the molecule is Cc1ccc(C)c(NC(=O)C(OC(=O)c2cc(C)no2)c2ccccc2)c1. The van der Waals surface area contributed by atoms with Gasteiger partial charge < -0.3 is 14.6 Å². The van der Waals surface area contributed by atoms with Crippen LogP contribution >= 0.6 is 0 Å². The second-order valence-electron chi connectivity index (χ2n) is 6.34. The first-order chi connectivity index (χ1) is 12.9. The molecule has 0 radical (unpaired) electrons. The zero-order valence-electron chi connectivity index (χ0n) is 15.4. The molecule has 1 amide bonds. The third-order valence-corrected chi connectivity index (χ3v) is 4.05. The highest BCUT2D eigenvalue weighted by molar-refractivity contribution is 5.98. The number of carbonyl (C=O) groups excluding carboxylic acids is 2. The van der Waals surface area contributed by atoms with E-state index in [4.69, 9.17) is 9.26 Å². The molecule has 6 nitrogen and oxygen atoms in total. The molecule has 0 fully saturated rings. The van der Waals surface area contributed by atoms with Gasteiger partial charge in [0.2, 0.25) is 11.9 Å². The van der Waals surface area contributed by atoms with E-state index in [2.05, 4.69) is 10.5 Å². The van der Waals surface area contributed by atoms with Gasteiger partial charge >= 0.3 is 5.97 Å². The van der Waals surface area contributed by atoms with Gasteiger partial charge in [0.15, 0.2) is 0 Å². The van der Waals surface area contributed by atoms with Crippen molar-refractivity contribution in [1.82, 2.24) is 5.16 Å². The summed E-state index contributed by atoms with van der Waals surface area (Å²) < 4.78 is 10.4. The van der Waals surface area contributed by atoms with Crippen molar-refractivity contribution in [2.24, 2.45) is 0 Å². The van der Waals surface area contributed by atoms with Crippen molar-refractivity contribution in [2.45, 2.75) is 26.9 Å². The van der Waals surface area contributed by atoms with Crippen LogP contribution in [0.15, 0.2) is 59.1 Å². The zero-order valence-corrected chi connectivity index (χ0v) is 15.4. The van der Waals surface area contributed by atoms with E-state index < -0.39 is 18.0 Å². The van der Waals surface area contributed by atoms with E-state index >= 15 is 0 Å². The molecule has 0 spiro atoms. The molecular formula is C21H20N2O4. The van der Waals surface area contributed by atoms with Crippen molar-refractivity contribution in [3.05, 3.63) is 82.7 Å². The third kappa shape index (κ3) is 4.41. The fourth-order valence-electron chi connectivity index (χ4n) is 2.59. The molecule has 1 unspecified atom stereocenters. The number of esters is 1. The minimum atomic E-state index is -1.12. The maximum absolute atomic E-state index is 12.9. The molecule has 0 aliphatic carbocycles. The van der Waals surface area contributed by atoms with Crippen molar-refractivity contribution < 1.29 is 18.8 Å². The number of nitrogens with one attached hydrogen (secondary N) is 1. The minimum absolute atomic E-state index is 0.0482. The van der Waals surface area contributed by atoms with Crippen LogP contribution in [0.1, 0.15) is 39.0 Å². The van der Waals surface area contributed by atoms with Crippen LogP contribution in [0, 0.1) is 20.8 Å². The average molecular weight is 364 g/mol. The summed E-state index contributed by atoms with van der Waals surface area (Å²) in [5, 5.41) is 6.52. The summed E-state index contributed by atoms with van der Waals surface area (Å²) in [6.45, 7) is 5.54. The zero-order chi connectivity index (χ0) is 19.4. The maximum Gasteiger partial charge on any atom is 0.378 e. The number of aromatic nitrogens is 1. The Kier molecular flexibility index (Phi) is 5.35. The van der Waals surface area contributed by atoms with Crippen molar-refractivity contribution in [3.63, 3.8) is 0 Å². The number of nitrogens with zero attached hydrogens (tertiary/aromatic N) is 1. The van der Waals surface area contributed by atoms with Crippen LogP contribution in [0.2, 0.25) is 0 Å². The summed E-state index contributed by atoms with van der Waals surface area (Å²) in [6.07, 6.45) is -1.12. The van der Waals surface area contributed by atoms with Gasteiger partial charge in [-0.2, -0.15) is 0 Å². The molecule has 0 bridgehead atoms.